The van der Waals surface area contributed by atoms with Crippen molar-refractivity contribution in [3.63, 3.8) is 0 Å². The Morgan fingerprint density at radius 1 is 0.921 bits per heavy atom. The van der Waals surface area contributed by atoms with Gasteiger partial charge < -0.3 is 19.4 Å². The van der Waals surface area contributed by atoms with Crippen LogP contribution < -0.4 is 5.32 Å². The third-order valence-electron chi connectivity index (χ3n) is 6.63. The molecule has 0 spiro atoms. The number of carbonyl (C=O) groups excluding carboxylic acids is 5. The van der Waals surface area contributed by atoms with Crippen LogP contribution in [0.4, 0.5) is 0 Å². The van der Waals surface area contributed by atoms with E-state index in [1.54, 1.807) is 24.2 Å². The van der Waals surface area contributed by atoms with Crippen LogP contribution >= 0.6 is 30.8 Å². The second-order valence-corrected chi connectivity index (χ2v) is 14.3. The van der Waals surface area contributed by atoms with E-state index in [2.05, 4.69) is 5.32 Å². The number of imide groups is 2. The minimum Gasteiger partial charge on any atom is -0.379 e. The van der Waals surface area contributed by atoms with Crippen molar-refractivity contribution in [3.05, 3.63) is 0 Å². The number of hydrogen-bond donors (Lipinski definition) is 1. The van der Waals surface area contributed by atoms with Gasteiger partial charge in [0.05, 0.1) is 50.0 Å². The van der Waals surface area contributed by atoms with E-state index in [1.807, 2.05) is 0 Å². The molecule has 5 amide bonds. The highest BCUT2D eigenvalue weighted by Gasteiger charge is 2.38. The summed E-state index contributed by atoms with van der Waals surface area (Å²) in [4.78, 5) is 62.6. The predicted molar refractivity (Wildman–Crippen MR) is 148 cm³/mol. The van der Waals surface area contributed by atoms with Crippen LogP contribution in [0.25, 0.3) is 0 Å². The molecule has 0 aliphatic carbocycles. The van der Waals surface area contributed by atoms with Gasteiger partial charge in [0, 0.05) is 45.2 Å². The average molecular weight is 595 g/mol. The van der Waals surface area contributed by atoms with Crippen LogP contribution in [-0.4, -0.2) is 139 Å². The lowest BCUT2D eigenvalue weighted by Crippen LogP contribution is -2.35. The van der Waals surface area contributed by atoms with Crippen LogP contribution in [0.2, 0.25) is 0 Å². The minimum absolute atomic E-state index is 0.145. The molecule has 2 heterocycles. The molecule has 15 heteroatoms. The number of amides is 5. The van der Waals surface area contributed by atoms with Gasteiger partial charge in [-0.1, -0.05) is 0 Å². The first-order valence-corrected chi connectivity index (χ1v) is 17.1. The molecule has 216 valence electrons. The quantitative estimate of drug-likeness (QED) is 0.133. The Morgan fingerprint density at radius 2 is 1.37 bits per heavy atom. The smallest absolute Gasteiger partial charge is 0.242 e. The third kappa shape index (κ3) is 9.06. The SMILES string of the molecule is CNC(=O)CCN(C)P(=O)(CCOCCN1C(=O)CC(SC)C1=O)CCOCCN1C(=O)CC(SC)C1=O. The van der Waals surface area contributed by atoms with Gasteiger partial charge in [-0.3, -0.25) is 38.4 Å². The summed E-state index contributed by atoms with van der Waals surface area (Å²) in [5.41, 5.74) is 0. The van der Waals surface area contributed by atoms with Crippen LogP contribution in [0, 0.1) is 0 Å². The van der Waals surface area contributed by atoms with Gasteiger partial charge >= 0.3 is 0 Å². The molecule has 0 aromatic heterocycles. The number of rotatable bonds is 18. The van der Waals surface area contributed by atoms with E-state index < -0.39 is 7.29 Å². The Hall–Kier alpha value is -1.44. The van der Waals surface area contributed by atoms with Gasteiger partial charge in [0.25, 0.3) is 0 Å². The van der Waals surface area contributed by atoms with Crippen molar-refractivity contribution in [2.75, 3.05) is 85.0 Å². The van der Waals surface area contributed by atoms with Gasteiger partial charge in [-0.2, -0.15) is 23.5 Å². The Balaban J connectivity index is 1.82. The Bertz CT molecular complexity index is 868. The molecule has 2 aliphatic heterocycles. The molecule has 2 fully saturated rings. The number of likely N-dealkylation sites (tertiary alicyclic amines) is 2. The van der Waals surface area contributed by atoms with Crippen molar-refractivity contribution in [1.29, 1.82) is 0 Å². The summed E-state index contributed by atoms with van der Waals surface area (Å²) in [5.74, 6) is -0.997. The van der Waals surface area contributed by atoms with Crippen LogP contribution in [0.5, 0.6) is 0 Å². The van der Waals surface area contributed by atoms with E-state index >= 15 is 0 Å². The number of hydrogen-bond acceptors (Lipinski definition) is 10. The summed E-state index contributed by atoms with van der Waals surface area (Å²) in [6.45, 7) is 1.18. The lowest BCUT2D eigenvalue weighted by Gasteiger charge is -2.28. The Labute approximate surface area is 232 Å². The number of nitrogens with one attached hydrogen (secondary N) is 1. The standard InChI is InChI=1S/C23H39N4O8PS2/c1-24-19(28)5-6-25(2)36(33,13-11-34-9-7-26-20(29)15-17(37-3)22(26)31)14-12-35-10-8-27-21(30)16-18(38-4)23(27)32/h17-18H,5-16H2,1-4H3,(H,24,28). The minimum atomic E-state index is -2.98. The number of carbonyl (C=O) groups is 5. The van der Waals surface area contributed by atoms with Crippen LogP contribution in [0.1, 0.15) is 19.3 Å². The van der Waals surface area contributed by atoms with Crippen molar-refractivity contribution in [2.45, 2.75) is 29.8 Å². The predicted octanol–water partition coefficient (Wildman–Crippen LogP) is 0.347. The molecule has 2 unspecified atom stereocenters. The van der Waals surface area contributed by atoms with Crippen molar-refractivity contribution in [1.82, 2.24) is 19.8 Å². The average Bonchev–Trinajstić information content (AvgIpc) is 3.34. The second-order valence-electron chi connectivity index (χ2n) is 8.95. The van der Waals surface area contributed by atoms with Crippen LogP contribution in [-0.2, 0) is 38.0 Å². The highest BCUT2D eigenvalue weighted by molar-refractivity contribution is 8.00. The molecule has 38 heavy (non-hydrogen) atoms. The molecule has 0 saturated carbocycles. The van der Waals surface area contributed by atoms with E-state index in [9.17, 15) is 28.5 Å². The maximum atomic E-state index is 13.8. The highest BCUT2D eigenvalue weighted by atomic mass is 32.2. The molecule has 0 radical (unpaired) electrons. The number of thioether (sulfide) groups is 2. The molecular formula is C23H39N4O8PS2. The molecule has 12 nitrogen and oxygen atoms in total. The first-order valence-electron chi connectivity index (χ1n) is 12.5. The maximum Gasteiger partial charge on any atom is 0.242 e. The summed E-state index contributed by atoms with van der Waals surface area (Å²) in [6, 6.07) is 0. The first-order chi connectivity index (χ1) is 18.1. The monoisotopic (exact) mass is 594 g/mol. The molecule has 0 bridgehead atoms. The molecule has 0 aromatic rings. The Morgan fingerprint density at radius 3 is 1.74 bits per heavy atom. The fraction of sp³-hybridized carbons (Fsp3) is 0.783. The van der Waals surface area contributed by atoms with Gasteiger partial charge in [0.1, 0.15) is 0 Å². The van der Waals surface area contributed by atoms with Crippen molar-refractivity contribution in [2.24, 2.45) is 0 Å². The summed E-state index contributed by atoms with van der Waals surface area (Å²) in [7, 11) is 0.248. The van der Waals surface area contributed by atoms with Crippen molar-refractivity contribution < 1.29 is 38.0 Å². The van der Waals surface area contributed by atoms with Gasteiger partial charge in [-0.15, -0.1) is 0 Å². The molecule has 2 aliphatic rings. The molecular weight excluding hydrogens is 555 g/mol. The topological polar surface area (TPSA) is 143 Å². The van der Waals surface area contributed by atoms with Crippen LogP contribution in [0.15, 0.2) is 0 Å². The lowest BCUT2D eigenvalue weighted by molar-refractivity contribution is -0.140. The number of nitrogens with zero attached hydrogens (tertiary/aromatic N) is 3. The highest BCUT2D eigenvalue weighted by Crippen LogP contribution is 2.48. The molecule has 2 atom stereocenters. The zero-order valence-electron chi connectivity index (χ0n) is 22.5. The van der Waals surface area contributed by atoms with E-state index in [0.29, 0.717) is 0 Å². The van der Waals surface area contributed by atoms with E-state index in [4.69, 9.17) is 9.47 Å². The second kappa shape index (κ2) is 16.0. The zero-order valence-corrected chi connectivity index (χ0v) is 25.0. The zero-order chi connectivity index (χ0) is 28.3. The Kier molecular flexibility index (Phi) is 13.8. The molecule has 1 N–H and O–H groups in total. The fourth-order valence-electron chi connectivity index (χ4n) is 4.10. The third-order valence-corrected chi connectivity index (χ3v) is 11.7. The molecule has 2 rings (SSSR count). The van der Waals surface area contributed by atoms with E-state index in [1.165, 1.54) is 40.4 Å². The van der Waals surface area contributed by atoms with Crippen molar-refractivity contribution in [3.8, 4) is 0 Å². The lowest BCUT2D eigenvalue weighted by atomic mass is 10.4. The maximum absolute atomic E-state index is 13.8. The molecule has 2 saturated heterocycles. The summed E-state index contributed by atoms with van der Waals surface area (Å²) in [5, 5.41) is 1.86. The van der Waals surface area contributed by atoms with Crippen LogP contribution in [0.3, 0.4) is 0 Å². The van der Waals surface area contributed by atoms with Gasteiger partial charge in [0.2, 0.25) is 29.5 Å². The largest absolute Gasteiger partial charge is 0.379 e. The van der Waals surface area contributed by atoms with E-state index in [-0.39, 0.29) is 118 Å². The fourth-order valence-corrected chi connectivity index (χ4v) is 7.57. The normalized spacial score (nSPS) is 21.6. The van der Waals surface area contributed by atoms with E-state index in [0.717, 1.165) is 0 Å². The first kappa shape index (κ1) is 32.8. The van der Waals surface area contributed by atoms with Gasteiger partial charge in [0.15, 0.2) is 7.29 Å². The summed E-state index contributed by atoms with van der Waals surface area (Å²) in [6.07, 6.45) is 4.58. The van der Waals surface area contributed by atoms with Gasteiger partial charge in [-0.05, 0) is 19.6 Å². The number of ether oxygens (including phenoxy) is 2. The van der Waals surface area contributed by atoms with Crippen molar-refractivity contribution >= 4 is 60.4 Å². The summed E-state index contributed by atoms with van der Waals surface area (Å²) < 4.78 is 26.8. The summed E-state index contributed by atoms with van der Waals surface area (Å²) >= 11 is 2.71. The molecule has 0 aromatic carbocycles. The van der Waals surface area contributed by atoms with Gasteiger partial charge in [-0.25, -0.2) is 0 Å².